The number of nitrogens with two attached hydrogens (primary N) is 1. The normalized spacial score (nSPS) is 30.6. The van der Waals surface area contributed by atoms with Gasteiger partial charge in [-0.25, -0.2) is 5.01 Å². The number of rotatable bonds is 1. The van der Waals surface area contributed by atoms with Crippen LogP contribution in [-0.2, 0) is 4.79 Å². The Morgan fingerprint density at radius 1 is 1.38 bits per heavy atom. The second-order valence-corrected chi connectivity index (χ2v) is 3.80. The summed E-state index contributed by atoms with van der Waals surface area (Å²) < 4.78 is 0. The highest BCUT2D eigenvalue weighted by atomic mass is 16.2. The zero-order valence-electron chi connectivity index (χ0n) is 8.66. The van der Waals surface area contributed by atoms with E-state index in [1.54, 1.807) is 0 Å². The molecule has 0 bridgehead atoms. The smallest absolute Gasteiger partial charge is 0.222 e. The lowest BCUT2D eigenvalue weighted by atomic mass is 10.1. The Morgan fingerprint density at radius 3 is 2.23 bits per heavy atom. The minimum absolute atomic E-state index is 0.229. The largest absolute Gasteiger partial charge is 0.339 e. The maximum atomic E-state index is 11.4. The Balaban J connectivity index is 2.58. The second kappa shape index (κ2) is 4.07. The maximum absolute atomic E-state index is 11.4. The molecule has 2 unspecified atom stereocenters. The molecule has 0 aromatic heterocycles. The van der Waals surface area contributed by atoms with E-state index in [0.29, 0.717) is 6.42 Å². The van der Waals surface area contributed by atoms with Gasteiger partial charge in [0.05, 0.1) is 0 Å². The fourth-order valence-corrected chi connectivity index (χ4v) is 1.76. The van der Waals surface area contributed by atoms with Crippen LogP contribution in [0.25, 0.3) is 0 Å². The summed E-state index contributed by atoms with van der Waals surface area (Å²) in [5, 5.41) is 1.83. The van der Waals surface area contributed by atoms with E-state index in [9.17, 15) is 4.79 Å². The summed E-state index contributed by atoms with van der Waals surface area (Å²) >= 11 is 0. The zero-order valence-corrected chi connectivity index (χ0v) is 8.66. The number of carbonyl (C=O) groups is 1. The number of hydrogen-bond donors (Lipinski definition) is 1. The molecule has 4 heteroatoms. The molecule has 2 atom stereocenters. The van der Waals surface area contributed by atoms with Crippen LogP contribution in [0.2, 0.25) is 0 Å². The first-order valence-corrected chi connectivity index (χ1v) is 4.87. The molecule has 0 aromatic carbocycles. The first kappa shape index (κ1) is 10.5. The fourth-order valence-electron chi connectivity index (χ4n) is 1.76. The van der Waals surface area contributed by atoms with Crippen LogP contribution in [0.4, 0.5) is 0 Å². The molecule has 76 valence electrons. The molecular formula is C9H19N3O. The predicted octanol–water partition coefficient (Wildman–Crippen LogP) is 0.191. The molecule has 1 aliphatic heterocycles. The second-order valence-electron chi connectivity index (χ2n) is 3.80. The number of amides is 1. The highest BCUT2D eigenvalue weighted by molar-refractivity contribution is 5.76. The van der Waals surface area contributed by atoms with Crippen molar-refractivity contribution in [3.8, 4) is 0 Å². The lowest BCUT2D eigenvalue weighted by Crippen LogP contribution is -2.60. The Labute approximate surface area is 79.6 Å². The Bertz CT molecular complexity index is 183. The Morgan fingerprint density at radius 2 is 1.85 bits per heavy atom. The van der Waals surface area contributed by atoms with Gasteiger partial charge in [-0.1, -0.05) is 6.92 Å². The van der Waals surface area contributed by atoms with E-state index in [-0.39, 0.29) is 18.0 Å². The average Bonchev–Trinajstić information content (AvgIpc) is 2.12. The van der Waals surface area contributed by atoms with Crippen molar-refractivity contribution in [3.63, 3.8) is 0 Å². The van der Waals surface area contributed by atoms with Gasteiger partial charge in [-0.3, -0.25) is 10.6 Å². The fraction of sp³-hybridized carbons (Fsp3) is 0.889. The van der Waals surface area contributed by atoms with Gasteiger partial charge in [0.1, 0.15) is 0 Å². The summed E-state index contributed by atoms with van der Waals surface area (Å²) in [7, 11) is 0. The van der Waals surface area contributed by atoms with Crippen molar-refractivity contribution in [2.45, 2.75) is 39.3 Å². The van der Waals surface area contributed by atoms with Crippen molar-refractivity contribution in [2.75, 3.05) is 13.1 Å². The third kappa shape index (κ3) is 2.19. The van der Waals surface area contributed by atoms with E-state index in [1.807, 2.05) is 30.7 Å². The molecule has 0 aromatic rings. The van der Waals surface area contributed by atoms with E-state index in [2.05, 4.69) is 0 Å². The van der Waals surface area contributed by atoms with Crippen molar-refractivity contribution in [3.05, 3.63) is 0 Å². The number of nitrogens with zero attached hydrogens (tertiary/aromatic N) is 2. The minimum atomic E-state index is 0.229. The lowest BCUT2D eigenvalue weighted by Gasteiger charge is -2.41. The quantitative estimate of drug-likeness (QED) is 0.593. The maximum Gasteiger partial charge on any atom is 0.222 e. The molecule has 1 fully saturated rings. The van der Waals surface area contributed by atoms with Crippen LogP contribution in [0.1, 0.15) is 27.2 Å². The third-order valence-electron chi connectivity index (χ3n) is 2.64. The van der Waals surface area contributed by atoms with Gasteiger partial charge in [-0.05, 0) is 13.8 Å². The molecule has 1 rings (SSSR count). The van der Waals surface area contributed by atoms with Crippen LogP contribution < -0.4 is 5.84 Å². The number of carbonyl (C=O) groups excluding carboxylic acids is 1. The molecule has 0 saturated carbocycles. The Hall–Kier alpha value is -0.610. The van der Waals surface area contributed by atoms with Gasteiger partial charge in [0.25, 0.3) is 0 Å². The van der Waals surface area contributed by atoms with E-state index in [1.165, 1.54) is 0 Å². The van der Waals surface area contributed by atoms with Crippen LogP contribution in [0.5, 0.6) is 0 Å². The van der Waals surface area contributed by atoms with Gasteiger partial charge in [0.15, 0.2) is 0 Å². The molecule has 1 saturated heterocycles. The van der Waals surface area contributed by atoms with Crippen molar-refractivity contribution in [2.24, 2.45) is 5.84 Å². The number of hydrogen-bond acceptors (Lipinski definition) is 3. The highest BCUT2D eigenvalue weighted by Gasteiger charge is 2.28. The van der Waals surface area contributed by atoms with Gasteiger partial charge >= 0.3 is 0 Å². The van der Waals surface area contributed by atoms with E-state index in [0.717, 1.165) is 13.1 Å². The predicted molar refractivity (Wildman–Crippen MR) is 51.8 cm³/mol. The first-order valence-electron chi connectivity index (χ1n) is 4.87. The summed E-state index contributed by atoms with van der Waals surface area (Å²) in [6.07, 6.45) is 0.587. The Kier molecular flexibility index (Phi) is 3.27. The topological polar surface area (TPSA) is 49.6 Å². The van der Waals surface area contributed by atoms with Gasteiger partial charge in [-0.15, -0.1) is 0 Å². The highest BCUT2D eigenvalue weighted by Crippen LogP contribution is 2.12. The van der Waals surface area contributed by atoms with Crippen LogP contribution in [0, 0.1) is 0 Å². The molecule has 4 nitrogen and oxygen atoms in total. The molecular weight excluding hydrogens is 166 g/mol. The summed E-state index contributed by atoms with van der Waals surface area (Å²) in [4.78, 5) is 13.3. The average molecular weight is 185 g/mol. The van der Waals surface area contributed by atoms with Crippen molar-refractivity contribution in [1.29, 1.82) is 0 Å². The van der Waals surface area contributed by atoms with Crippen LogP contribution in [-0.4, -0.2) is 41.0 Å². The third-order valence-corrected chi connectivity index (χ3v) is 2.64. The van der Waals surface area contributed by atoms with Crippen molar-refractivity contribution in [1.82, 2.24) is 9.91 Å². The molecule has 1 aliphatic rings. The lowest BCUT2D eigenvalue weighted by molar-refractivity contribution is -0.135. The number of piperazine rings is 1. The van der Waals surface area contributed by atoms with Crippen molar-refractivity contribution < 1.29 is 4.79 Å². The van der Waals surface area contributed by atoms with Crippen LogP contribution in [0.15, 0.2) is 0 Å². The molecule has 0 radical (unpaired) electrons. The van der Waals surface area contributed by atoms with E-state index >= 15 is 0 Å². The molecule has 0 aliphatic carbocycles. The summed E-state index contributed by atoms with van der Waals surface area (Å²) in [5.74, 6) is 6.05. The monoisotopic (exact) mass is 185 g/mol. The summed E-state index contributed by atoms with van der Waals surface area (Å²) in [6, 6.07) is 0.526. The SMILES string of the molecule is CCC(=O)N1CC(C)N(N)C(C)C1. The number of hydrazine groups is 1. The van der Waals surface area contributed by atoms with Crippen LogP contribution in [0.3, 0.4) is 0 Å². The molecule has 1 heterocycles. The van der Waals surface area contributed by atoms with Gasteiger partial charge in [0, 0.05) is 31.6 Å². The van der Waals surface area contributed by atoms with Crippen LogP contribution >= 0.6 is 0 Å². The summed E-state index contributed by atoms with van der Waals surface area (Å²) in [6.45, 7) is 7.50. The molecule has 2 N–H and O–H groups in total. The molecule has 0 spiro atoms. The molecule has 1 amide bonds. The van der Waals surface area contributed by atoms with Gasteiger partial charge in [0.2, 0.25) is 5.91 Å². The van der Waals surface area contributed by atoms with Gasteiger partial charge < -0.3 is 4.90 Å². The summed E-state index contributed by atoms with van der Waals surface area (Å²) in [5.41, 5.74) is 0. The van der Waals surface area contributed by atoms with Crippen molar-refractivity contribution >= 4 is 5.91 Å². The minimum Gasteiger partial charge on any atom is -0.339 e. The van der Waals surface area contributed by atoms with E-state index in [4.69, 9.17) is 5.84 Å². The zero-order chi connectivity index (χ0) is 10.0. The molecule has 13 heavy (non-hydrogen) atoms. The first-order chi connectivity index (χ1) is 6.06. The standard InChI is InChI=1S/C9H19N3O/c1-4-9(13)11-5-7(2)12(10)8(3)6-11/h7-8H,4-6,10H2,1-3H3. The van der Waals surface area contributed by atoms with Gasteiger partial charge in [-0.2, -0.15) is 0 Å². The van der Waals surface area contributed by atoms with E-state index < -0.39 is 0 Å².